The fourth-order valence-electron chi connectivity index (χ4n) is 1.30. The zero-order valence-corrected chi connectivity index (χ0v) is 7.98. The fraction of sp³-hybridized carbons (Fsp3) is 0.400. The largest absolute Gasteiger partial charge is 0.330 e. The van der Waals surface area contributed by atoms with Crippen LogP contribution in [0, 0.1) is 10.1 Å². The van der Waals surface area contributed by atoms with Crippen LogP contribution >= 0.6 is 0 Å². The third kappa shape index (κ3) is 3.14. The van der Waals surface area contributed by atoms with E-state index in [-0.39, 0.29) is 10.6 Å². The molecule has 1 aromatic carbocycles. The second-order valence-electron chi connectivity index (χ2n) is 3.17. The molecule has 0 aromatic heterocycles. The van der Waals surface area contributed by atoms with Crippen LogP contribution in [0.25, 0.3) is 0 Å². The molecule has 4 heteroatoms. The molecule has 0 amide bonds. The van der Waals surface area contributed by atoms with Gasteiger partial charge in [0.1, 0.15) is 0 Å². The number of nitrogens with two attached hydrogens (primary N) is 1. The average molecular weight is 194 g/mol. The third-order valence-corrected chi connectivity index (χ3v) is 2.04. The molecule has 0 aliphatic heterocycles. The van der Waals surface area contributed by atoms with Crippen molar-refractivity contribution >= 4 is 5.69 Å². The average Bonchev–Trinajstić information content (AvgIpc) is 2.19. The van der Waals surface area contributed by atoms with Crippen molar-refractivity contribution in [3.8, 4) is 0 Å². The minimum atomic E-state index is -0.369. The van der Waals surface area contributed by atoms with Crippen molar-refractivity contribution in [1.82, 2.24) is 0 Å². The van der Waals surface area contributed by atoms with Crippen molar-refractivity contribution in [2.24, 2.45) is 5.73 Å². The fourth-order valence-corrected chi connectivity index (χ4v) is 1.30. The lowest BCUT2D eigenvalue weighted by molar-refractivity contribution is -0.384. The van der Waals surface area contributed by atoms with Gasteiger partial charge in [0, 0.05) is 12.1 Å². The van der Waals surface area contributed by atoms with E-state index in [1.165, 1.54) is 6.07 Å². The first-order chi connectivity index (χ1) is 6.74. The van der Waals surface area contributed by atoms with Crippen molar-refractivity contribution in [3.05, 3.63) is 39.9 Å². The molecule has 0 spiro atoms. The summed E-state index contributed by atoms with van der Waals surface area (Å²) in [6, 6.07) is 6.75. The molecule has 0 aliphatic carbocycles. The van der Waals surface area contributed by atoms with Crippen molar-refractivity contribution in [3.63, 3.8) is 0 Å². The Morgan fingerprint density at radius 1 is 1.36 bits per heavy atom. The molecule has 14 heavy (non-hydrogen) atoms. The van der Waals surface area contributed by atoms with E-state index in [2.05, 4.69) is 0 Å². The van der Waals surface area contributed by atoms with Gasteiger partial charge >= 0.3 is 0 Å². The minimum Gasteiger partial charge on any atom is -0.330 e. The lowest BCUT2D eigenvalue weighted by Gasteiger charge is -1.99. The minimum absolute atomic E-state index is 0.162. The van der Waals surface area contributed by atoms with Crippen LogP contribution in [0.5, 0.6) is 0 Å². The smallest absolute Gasteiger partial charge is 0.269 e. The first kappa shape index (κ1) is 10.7. The van der Waals surface area contributed by atoms with E-state index in [0.717, 1.165) is 24.8 Å². The molecular formula is C10H14N2O2. The molecule has 0 unspecified atom stereocenters. The summed E-state index contributed by atoms with van der Waals surface area (Å²) in [5.74, 6) is 0. The Morgan fingerprint density at radius 2 is 2.14 bits per heavy atom. The van der Waals surface area contributed by atoms with E-state index >= 15 is 0 Å². The van der Waals surface area contributed by atoms with Gasteiger partial charge in [0.2, 0.25) is 0 Å². The van der Waals surface area contributed by atoms with Gasteiger partial charge in [-0.25, -0.2) is 0 Å². The number of non-ortho nitro benzene ring substituents is 1. The Kier molecular flexibility index (Phi) is 4.07. The van der Waals surface area contributed by atoms with Crippen molar-refractivity contribution in [2.45, 2.75) is 19.3 Å². The van der Waals surface area contributed by atoms with Gasteiger partial charge in [-0.05, 0) is 31.4 Å². The molecule has 4 nitrogen and oxygen atoms in total. The summed E-state index contributed by atoms with van der Waals surface area (Å²) in [5, 5.41) is 10.5. The van der Waals surface area contributed by atoms with Gasteiger partial charge in [-0.3, -0.25) is 10.1 Å². The maximum absolute atomic E-state index is 10.5. The number of nitrogens with zero attached hydrogens (tertiary/aromatic N) is 1. The van der Waals surface area contributed by atoms with Gasteiger partial charge in [-0.15, -0.1) is 0 Å². The lowest BCUT2D eigenvalue weighted by atomic mass is 10.1. The van der Waals surface area contributed by atoms with Crippen molar-refractivity contribution in [1.29, 1.82) is 0 Å². The zero-order chi connectivity index (χ0) is 10.4. The predicted molar refractivity (Wildman–Crippen MR) is 55.1 cm³/mol. The number of hydrogen-bond acceptors (Lipinski definition) is 3. The maximum atomic E-state index is 10.5. The van der Waals surface area contributed by atoms with Gasteiger partial charge in [0.05, 0.1) is 4.92 Å². The SMILES string of the molecule is NCCCCc1cccc([N+](=O)[O-])c1. The summed E-state index contributed by atoms with van der Waals surface area (Å²) in [6.45, 7) is 0.676. The van der Waals surface area contributed by atoms with Gasteiger partial charge in [0.15, 0.2) is 0 Å². The highest BCUT2D eigenvalue weighted by molar-refractivity contribution is 5.34. The van der Waals surface area contributed by atoms with Crippen molar-refractivity contribution < 1.29 is 4.92 Å². The molecule has 76 valence electrons. The predicted octanol–water partition coefficient (Wildman–Crippen LogP) is 1.88. The second kappa shape index (κ2) is 5.34. The Morgan fingerprint density at radius 3 is 2.79 bits per heavy atom. The normalized spacial score (nSPS) is 10.1. The summed E-state index contributed by atoms with van der Waals surface area (Å²) in [5.41, 5.74) is 6.53. The number of aryl methyl sites for hydroxylation is 1. The molecule has 0 radical (unpaired) electrons. The molecule has 0 bridgehead atoms. The highest BCUT2D eigenvalue weighted by atomic mass is 16.6. The van der Waals surface area contributed by atoms with E-state index in [1.807, 2.05) is 6.07 Å². The Balaban J connectivity index is 2.59. The monoisotopic (exact) mass is 194 g/mol. The molecule has 0 aliphatic rings. The molecule has 0 saturated heterocycles. The molecular weight excluding hydrogens is 180 g/mol. The maximum Gasteiger partial charge on any atom is 0.269 e. The summed E-state index contributed by atoms with van der Waals surface area (Å²) < 4.78 is 0. The highest BCUT2D eigenvalue weighted by Crippen LogP contribution is 2.14. The third-order valence-electron chi connectivity index (χ3n) is 2.04. The quantitative estimate of drug-likeness (QED) is 0.442. The highest BCUT2D eigenvalue weighted by Gasteiger charge is 2.04. The molecule has 1 aromatic rings. The van der Waals surface area contributed by atoms with E-state index < -0.39 is 0 Å². The van der Waals surface area contributed by atoms with E-state index in [4.69, 9.17) is 5.73 Å². The van der Waals surface area contributed by atoms with Crippen molar-refractivity contribution in [2.75, 3.05) is 6.54 Å². The van der Waals surface area contributed by atoms with E-state index in [0.29, 0.717) is 6.54 Å². The van der Waals surface area contributed by atoms with Crippen LogP contribution in [0.1, 0.15) is 18.4 Å². The number of benzene rings is 1. The summed E-state index contributed by atoms with van der Waals surface area (Å²) in [4.78, 5) is 10.1. The van der Waals surface area contributed by atoms with Gasteiger partial charge in [0.25, 0.3) is 5.69 Å². The van der Waals surface area contributed by atoms with Crippen LogP contribution < -0.4 is 5.73 Å². The summed E-state index contributed by atoms with van der Waals surface area (Å²) >= 11 is 0. The number of rotatable bonds is 5. The second-order valence-corrected chi connectivity index (χ2v) is 3.17. The standard InChI is InChI=1S/C10H14N2O2/c11-7-2-1-4-9-5-3-6-10(8-9)12(13)14/h3,5-6,8H,1-2,4,7,11H2. The van der Waals surface area contributed by atoms with E-state index in [9.17, 15) is 10.1 Å². The van der Waals surface area contributed by atoms with Crippen LogP contribution in [0.4, 0.5) is 5.69 Å². The van der Waals surface area contributed by atoms with Crippen LogP contribution in [-0.2, 0) is 6.42 Å². The molecule has 0 saturated carbocycles. The Hall–Kier alpha value is -1.42. The molecule has 1 rings (SSSR count). The molecule has 0 heterocycles. The van der Waals surface area contributed by atoms with Crippen LogP contribution in [-0.4, -0.2) is 11.5 Å². The van der Waals surface area contributed by atoms with E-state index in [1.54, 1.807) is 12.1 Å². The lowest BCUT2D eigenvalue weighted by Crippen LogP contribution is -1.99. The number of nitro groups is 1. The van der Waals surface area contributed by atoms with Gasteiger partial charge < -0.3 is 5.73 Å². The number of nitro benzene ring substituents is 1. The number of unbranched alkanes of at least 4 members (excludes halogenated alkanes) is 1. The Bertz CT molecular complexity index is 313. The molecule has 0 fully saturated rings. The van der Waals surface area contributed by atoms with Crippen LogP contribution in [0.2, 0.25) is 0 Å². The first-order valence-electron chi connectivity index (χ1n) is 4.67. The van der Waals surface area contributed by atoms with Crippen LogP contribution in [0.15, 0.2) is 24.3 Å². The molecule has 0 atom stereocenters. The van der Waals surface area contributed by atoms with Crippen LogP contribution in [0.3, 0.4) is 0 Å². The molecule has 2 N–H and O–H groups in total. The van der Waals surface area contributed by atoms with Gasteiger partial charge in [-0.2, -0.15) is 0 Å². The zero-order valence-electron chi connectivity index (χ0n) is 7.98. The first-order valence-corrected chi connectivity index (χ1v) is 4.67. The Labute approximate surface area is 82.9 Å². The van der Waals surface area contributed by atoms with Gasteiger partial charge in [-0.1, -0.05) is 12.1 Å². The topological polar surface area (TPSA) is 69.2 Å². The number of hydrogen-bond donors (Lipinski definition) is 1. The summed E-state index contributed by atoms with van der Waals surface area (Å²) in [7, 11) is 0. The summed E-state index contributed by atoms with van der Waals surface area (Å²) in [6.07, 6.45) is 2.80.